The molecule has 0 unspecified atom stereocenters. The summed E-state index contributed by atoms with van der Waals surface area (Å²) in [5.74, 6) is 0.696. The molecule has 0 atom stereocenters. The molecule has 1 aliphatic rings. The highest BCUT2D eigenvalue weighted by molar-refractivity contribution is 5.78. The maximum atomic E-state index is 10.9. The Hall–Kier alpha value is -1.96. The molecule has 0 aromatic carbocycles. The van der Waals surface area contributed by atoms with Crippen LogP contribution in [-0.2, 0) is 4.79 Å². The van der Waals surface area contributed by atoms with Gasteiger partial charge in [-0.3, -0.25) is 4.79 Å². The second kappa shape index (κ2) is 5.79. The zero-order chi connectivity index (χ0) is 13.8. The van der Waals surface area contributed by atoms with Crippen LogP contribution < -0.4 is 15.5 Å². The highest BCUT2D eigenvalue weighted by atomic mass is 16.1. The minimum atomic E-state index is -0.413. The number of primary amides is 1. The van der Waals surface area contributed by atoms with Gasteiger partial charge in [-0.25, -0.2) is 9.97 Å². The summed E-state index contributed by atoms with van der Waals surface area (Å²) < 4.78 is 0. The van der Waals surface area contributed by atoms with E-state index in [0.29, 0.717) is 11.9 Å². The van der Waals surface area contributed by atoms with Gasteiger partial charge in [-0.1, -0.05) is 0 Å². The molecular formula is C11H19N7O. The Bertz CT molecular complexity index is 444. The van der Waals surface area contributed by atoms with Crippen LogP contribution >= 0.6 is 0 Å². The average molecular weight is 265 g/mol. The second-order valence-corrected chi connectivity index (χ2v) is 4.70. The first-order chi connectivity index (χ1) is 9.06. The van der Waals surface area contributed by atoms with E-state index in [0.717, 1.165) is 26.2 Å². The molecular weight excluding hydrogens is 246 g/mol. The normalized spacial score (nSPS) is 16.4. The van der Waals surface area contributed by atoms with Gasteiger partial charge in [0.25, 0.3) is 0 Å². The van der Waals surface area contributed by atoms with Gasteiger partial charge in [0.2, 0.25) is 17.8 Å². The zero-order valence-corrected chi connectivity index (χ0v) is 11.3. The van der Waals surface area contributed by atoms with E-state index in [4.69, 9.17) is 5.73 Å². The van der Waals surface area contributed by atoms with E-state index in [1.54, 1.807) is 11.9 Å². The molecule has 8 nitrogen and oxygen atoms in total. The van der Waals surface area contributed by atoms with E-state index >= 15 is 0 Å². The fraction of sp³-hybridized carbons (Fsp3) is 0.636. The van der Waals surface area contributed by atoms with Crippen molar-refractivity contribution in [2.45, 2.75) is 0 Å². The van der Waals surface area contributed by atoms with Crippen molar-refractivity contribution < 1.29 is 4.79 Å². The van der Waals surface area contributed by atoms with Crippen LogP contribution in [0.4, 0.5) is 11.9 Å². The Morgan fingerprint density at radius 2 is 2.05 bits per heavy atom. The van der Waals surface area contributed by atoms with Crippen LogP contribution in [0, 0.1) is 0 Å². The summed E-state index contributed by atoms with van der Waals surface area (Å²) in [7, 11) is 3.82. The van der Waals surface area contributed by atoms with Crippen molar-refractivity contribution in [3.63, 3.8) is 0 Å². The van der Waals surface area contributed by atoms with Crippen LogP contribution in [0.3, 0.4) is 0 Å². The number of aromatic nitrogens is 3. The maximum absolute atomic E-state index is 10.9. The van der Waals surface area contributed by atoms with Gasteiger partial charge in [-0.05, 0) is 7.05 Å². The largest absolute Gasteiger partial charge is 0.368 e. The number of nitrogens with zero attached hydrogens (tertiary/aromatic N) is 6. The molecule has 2 N–H and O–H groups in total. The number of piperazine rings is 1. The minimum Gasteiger partial charge on any atom is -0.368 e. The molecule has 1 aromatic heterocycles. The van der Waals surface area contributed by atoms with E-state index in [-0.39, 0.29) is 6.54 Å². The molecule has 2 heterocycles. The molecule has 0 radical (unpaired) electrons. The summed E-state index contributed by atoms with van der Waals surface area (Å²) in [5.41, 5.74) is 5.16. The highest BCUT2D eigenvalue weighted by Gasteiger charge is 2.17. The molecule has 1 saturated heterocycles. The Balaban J connectivity index is 2.08. The average Bonchev–Trinajstić information content (AvgIpc) is 2.39. The summed E-state index contributed by atoms with van der Waals surface area (Å²) >= 11 is 0. The van der Waals surface area contributed by atoms with Crippen LogP contribution in [0.25, 0.3) is 0 Å². The van der Waals surface area contributed by atoms with Crippen LogP contribution in [-0.4, -0.2) is 72.6 Å². The second-order valence-electron chi connectivity index (χ2n) is 4.70. The summed E-state index contributed by atoms with van der Waals surface area (Å²) in [6.07, 6.45) is 1.47. The first-order valence-electron chi connectivity index (χ1n) is 6.18. The molecule has 0 spiro atoms. The number of amides is 1. The number of likely N-dealkylation sites (N-methyl/N-ethyl adjacent to an activating group) is 2. The van der Waals surface area contributed by atoms with Crippen molar-refractivity contribution in [1.82, 2.24) is 19.9 Å². The molecule has 104 valence electrons. The highest BCUT2D eigenvalue weighted by Crippen LogP contribution is 2.12. The fourth-order valence-corrected chi connectivity index (χ4v) is 1.93. The lowest BCUT2D eigenvalue weighted by molar-refractivity contribution is -0.116. The standard InChI is InChI=1S/C11H19N7O/c1-16-3-5-18(6-4-16)11-14-8-13-10(15-11)17(2)7-9(12)19/h8H,3-7H2,1-2H3,(H2,12,19). The molecule has 0 bridgehead atoms. The van der Waals surface area contributed by atoms with E-state index in [1.165, 1.54) is 6.33 Å². The lowest BCUT2D eigenvalue weighted by Gasteiger charge is -2.32. The number of hydrogen-bond acceptors (Lipinski definition) is 7. The molecule has 8 heteroatoms. The summed E-state index contributed by atoms with van der Waals surface area (Å²) in [6, 6.07) is 0. The van der Waals surface area contributed by atoms with Crippen LogP contribution in [0.2, 0.25) is 0 Å². The summed E-state index contributed by atoms with van der Waals surface area (Å²) in [5, 5.41) is 0. The Kier molecular flexibility index (Phi) is 4.10. The van der Waals surface area contributed by atoms with Crippen molar-refractivity contribution >= 4 is 17.8 Å². The number of rotatable bonds is 4. The fourth-order valence-electron chi connectivity index (χ4n) is 1.93. The van der Waals surface area contributed by atoms with Gasteiger partial charge in [0.15, 0.2) is 0 Å². The van der Waals surface area contributed by atoms with E-state index in [2.05, 4.69) is 31.8 Å². The predicted octanol–water partition coefficient (Wildman–Crippen LogP) is -1.46. The predicted molar refractivity (Wildman–Crippen MR) is 72.0 cm³/mol. The van der Waals surface area contributed by atoms with Gasteiger partial charge in [-0.2, -0.15) is 4.98 Å². The van der Waals surface area contributed by atoms with Gasteiger partial charge in [-0.15, -0.1) is 0 Å². The molecule has 19 heavy (non-hydrogen) atoms. The molecule has 0 saturated carbocycles. The molecule has 2 rings (SSSR count). The molecule has 1 fully saturated rings. The monoisotopic (exact) mass is 265 g/mol. The summed E-state index contributed by atoms with van der Waals surface area (Å²) in [4.78, 5) is 29.5. The van der Waals surface area contributed by atoms with Crippen LogP contribution in [0.1, 0.15) is 0 Å². The SMILES string of the molecule is CN1CCN(c2ncnc(N(C)CC(N)=O)n2)CC1. The third kappa shape index (κ3) is 3.50. The van der Waals surface area contributed by atoms with E-state index in [1.807, 2.05) is 0 Å². The third-order valence-electron chi connectivity index (χ3n) is 3.07. The zero-order valence-electron chi connectivity index (χ0n) is 11.3. The molecule has 1 aliphatic heterocycles. The lowest BCUT2D eigenvalue weighted by Crippen LogP contribution is -2.45. The number of carbonyl (C=O) groups is 1. The number of hydrogen-bond donors (Lipinski definition) is 1. The van der Waals surface area contributed by atoms with Gasteiger partial charge in [0.1, 0.15) is 6.33 Å². The van der Waals surface area contributed by atoms with Gasteiger partial charge in [0, 0.05) is 33.2 Å². The first-order valence-corrected chi connectivity index (χ1v) is 6.18. The van der Waals surface area contributed by atoms with Crippen molar-refractivity contribution in [3.8, 4) is 0 Å². The number of anilines is 2. The number of carbonyl (C=O) groups excluding carboxylic acids is 1. The van der Waals surface area contributed by atoms with Crippen molar-refractivity contribution in [3.05, 3.63) is 6.33 Å². The van der Waals surface area contributed by atoms with Gasteiger partial charge >= 0.3 is 0 Å². The van der Waals surface area contributed by atoms with E-state index < -0.39 is 5.91 Å². The first kappa shape index (κ1) is 13.5. The lowest BCUT2D eigenvalue weighted by atomic mass is 10.3. The Morgan fingerprint density at radius 3 is 2.68 bits per heavy atom. The molecule has 0 aliphatic carbocycles. The minimum absolute atomic E-state index is 0.0895. The quantitative estimate of drug-likeness (QED) is 0.711. The molecule has 1 aromatic rings. The molecule has 1 amide bonds. The van der Waals surface area contributed by atoms with Crippen molar-refractivity contribution in [2.24, 2.45) is 5.73 Å². The smallest absolute Gasteiger partial charge is 0.237 e. The van der Waals surface area contributed by atoms with E-state index in [9.17, 15) is 4.79 Å². The Labute approximate surface area is 112 Å². The topological polar surface area (TPSA) is 91.5 Å². The van der Waals surface area contributed by atoms with Gasteiger partial charge in [0.05, 0.1) is 6.54 Å². The maximum Gasteiger partial charge on any atom is 0.237 e. The number of nitrogens with two attached hydrogens (primary N) is 1. The van der Waals surface area contributed by atoms with Crippen LogP contribution in [0.5, 0.6) is 0 Å². The third-order valence-corrected chi connectivity index (χ3v) is 3.07. The van der Waals surface area contributed by atoms with Gasteiger partial charge < -0.3 is 20.4 Å². The Morgan fingerprint density at radius 1 is 1.37 bits per heavy atom. The van der Waals surface area contributed by atoms with Crippen molar-refractivity contribution in [1.29, 1.82) is 0 Å². The van der Waals surface area contributed by atoms with Crippen LogP contribution in [0.15, 0.2) is 6.33 Å². The van der Waals surface area contributed by atoms with Crippen molar-refractivity contribution in [2.75, 3.05) is 56.6 Å². The summed E-state index contributed by atoms with van der Waals surface area (Å²) in [6.45, 7) is 3.83.